The Labute approximate surface area is 87.9 Å². The number of fused-ring (bicyclic) bond motifs is 1. The predicted octanol–water partition coefficient (Wildman–Crippen LogP) is 0.823. The first-order valence-electron chi connectivity index (χ1n) is 5.15. The van der Waals surface area contributed by atoms with E-state index >= 15 is 0 Å². The number of imidazole rings is 1. The summed E-state index contributed by atoms with van der Waals surface area (Å²) in [6.07, 6.45) is 4.07. The van der Waals surface area contributed by atoms with E-state index in [1.165, 1.54) is 0 Å². The molecule has 78 valence electrons. The lowest BCUT2D eigenvalue weighted by Gasteiger charge is -2.26. The highest BCUT2D eigenvalue weighted by atomic mass is 16.5. The fourth-order valence-corrected chi connectivity index (χ4v) is 1.67. The lowest BCUT2D eigenvalue weighted by atomic mass is 10.2. The maximum Gasteiger partial charge on any atom is 0.137 e. The van der Waals surface area contributed by atoms with Crippen LogP contribution in [-0.2, 0) is 11.3 Å². The van der Waals surface area contributed by atoms with Gasteiger partial charge in [-0.05, 0) is 12.1 Å². The van der Waals surface area contributed by atoms with E-state index in [-0.39, 0.29) is 0 Å². The molecule has 1 saturated heterocycles. The highest BCUT2D eigenvalue weighted by Crippen LogP contribution is 2.06. The maximum atomic E-state index is 5.09. The summed E-state index contributed by atoms with van der Waals surface area (Å²) in [6, 6.07) is 6.52. The molecule has 0 amide bonds. The molecule has 2 aromatic heterocycles. The number of nitrogens with zero attached hydrogens (tertiary/aromatic N) is 2. The van der Waals surface area contributed by atoms with Crippen LogP contribution in [0, 0.1) is 0 Å². The van der Waals surface area contributed by atoms with Crippen LogP contribution in [0.25, 0.3) is 5.65 Å². The maximum absolute atomic E-state index is 5.09. The van der Waals surface area contributed by atoms with Gasteiger partial charge in [0, 0.05) is 18.9 Å². The summed E-state index contributed by atoms with van der Waals surface area (Å²) in [6.45, 7) is 2.47. The molecule has 1 aliphatic rings. The van der Waals surface area contributed by atoms with Crippen LogP contribution in [0.5, 0.6) is 0 Å². The number of ether oxygens (including phenoxy) is 1. The van der Waals surface area contributed by atoms with Crippen molar-refractivity contribution >= 4 is 5.65 Å². The molecular formula is C11H13N3O. The van der Waals surface area contributed by atoms with Crippen molar-refractivity contribution in [1.29, 1.82) is 0 Å². The lowest BCUT2D eigenvalue weighted by Crippen LogP contribution is -2.45. The molecule has 1 N–H and O–H groups in total. The van der Waals surface area contributed by atoms with Crippen LogP contribution >= 0.6 is 0 Å². The van der Waals surface area contributed by atoms with E-state index in [4.69, 9.17) is 4.74 Å². The molecule has 4 nitrogen and oxygen atoms in total. The van der Waals surface area contributed by atoms with Crippen LogP contribution < -0.4 is 5.32 Å². The van der Waals surface area contributed by atoms with Gasteiger partial charge in [0.25, 0.3) is 0 Å². The molecule has 3 heterocycles. The number of rotatable bonds is 3. The van der Waals surface area contributed by atoms with Crippen LogP contribution in [0.1, 0.15) is 5.69 Å². The van der Waals surface area contributed by atoms with Gasteiger partial charge in [-0.3, -0.25) is 0 Å². The standard InChI is InChI=1S/C11H13N3O/c1-2-4-14-6-9(13-11(14)3-1)5-12-10-7-15-8-10/h1-4,6,10,12H,5,7-8H2. The molecule has 4 heteroatoms. The summed E-state index contributed by atoms with van der Waals surface area (Å²) in [5.41, 5.74) is 2.08. The van der Waals surface area contributed by atoms with E-state index in [1.54, 1.807) is 0 Å². The quantitative estimate of drug-likeness (QED) is 0.802. The Hall–Kier alpha value is -1.39. The Bertz CT molecular complexity index is 429. The van der Waals surface area contributed by atoms with Crippen molar-refractivity contribution in [2.75, 3.05) is 13.2 Å². The highest BCUT2D eigenvalue weighted by molar-refractivity contribution is 5.39. The van der Waals surface area contributed by atoms with Gasteiger partial charge >= 0.3 is 0 Å². The minimum Gasteiger partial charge on any atom is -0.378 e. The summed E-state index contributed by atoms with van der Waals surface area (Å²) in [5.74, 6) is 0. The Morgan fingerprint density at radius 3 is 3.13 bits per heavy atom. The van der Waals surface area contributed by atoms with Gasteiger partial charge in [-0.2, -0.15) is 0 Å². The van der Waals surface area contributed by atoms with Gasteiger partial charge in [0.1, 0.15) is 5.65 Å². The molecular weight excluding hydrogens is 190 g/mol. The van der Waals surface area contributed by atoms with Crippen molar-refractivity contribution in [2.24, 2.45) is 0 Å². The molecule has 0 spiro atoms. The molecule has 0 radical (unpaired) electrons. The Kier molecular flexibility index (Phi) is 2.16. The number of pyridine rings is 1. The first-order valence-corrected chi connectivity index (χ1v) is 5.15. The zero-order valence-corrected chi connectivity index (χ0v) is 8.39. The van der Waals surface area contributed by atoms with Gasteiger partial charge in [0.05, 0.1) is 24.9 Å². The second-order valence-corrected chi connectivity index (χ2v) is 3.81. The normalized spacial score (nSPS) is 16.8. The Balaban J connectivity index is 1.73. The molecule has 15 heavy (non-hydrogen) atoms. The fraction of sp³-hybridized carbons (Fsp3) is 0.364. The van der Waals surface area contributed by atoms with Crippen molar-refractivity contribution < 1.29 is 4.74 Å². The number of hydrogen-bond donors (Lipinski definition) is 1. The SMILES string of the molecule is c1ccn2cc(CNC3COC3)nc2c1. The van der Waals surface area contributed by atoms with Crippen molar-refractivity contribution in [2.45, 2.75) is 12.6 Å². The molecule has 2 aromatic rings. The Morgan fingerprint density at radius 2 is 2.40 bits per heavy atom. The summed E-state index contributed by atoms with van der Waals surface area (Å²) >= 11 is 0. The van der Waals surface area contributed by atoms with E-state index in [0.717, 1.165) is 31.1 Å². The van der Waals surface area contributed by atoms with E-state index in [2.05, 4.69) is 16.5 Å². The van der Waals surface area contributed by atoms with Crippen LogP contribution in [-0.4, -0.2) is 28.6 Å². The second kappa shape index (κ2) is 3.64. The van der Waals surface area contributed by atoms with Gasteiger partial charge in [-0.15, -0.1) is 0 Å². The number of nitrogens with one attached hydrogen (secondary N) is 1. The minimum atomic E-state index is 0.509. The first-order chi connectivity index (χ1) is 7.42. The topological polar surface area (TPSA) is 38.6 Å². The summed E-state index contributed by atoms with van der Waals surface area (Å²) in [4.78, 5) is 4.50. The second-order valence-electron chi connectivity index (χ2n) is 3.81. The van der Waals surface area contributed by atoms with E-state index in [9.17, 15) is 0 Å². The van der Waals surface area contributed by atoms with Gasteiger partial charge in [0.15, 0.2) is 0 Å². The van der Waals surface area contributed by atoms with E-state index < -0.39 is 0 Å². The largest absolute Gasteiger partial charge is 0.378 e. The fourth-order valence-electron chi connectivity index (χ4n) is 1.67. The molecule has 0 unspecified atom stereocenters. The van der Waals surface area contributed by atoms with Crippen LogP contribution in [0.15, 0.2) is 30.6 Å². The third kappa shape index (κ3) is 1.73. The predicted molar refractivity (Wildman–Crippen MR) is 56.6 cm³/mol. The summed E-state index contributed by atoms with van der Waals surface area (Å²) in [7, 11) is 0. The third-order valence-corrected chi connectivity index (χ3v) is 2.62. The average molecular weight is 203 g/mol. The van der Waals surface area contributed by atoms with Gasteiger partial charge in [0.2, 0.25) is 0 Å². The van der Waals surface area contributed by atoms with E-state index in [0.29, 0.717) is 6.04 Å². The van der Waals surface area contributed by atoms with Crippen molar-refractivity contribution in [1.82, 2.24) is 14.7 Å². The van der Waals surface area contributed by atoms with Crippen LogP contribution in [0.4, 0.5) is 0 Å². The molecule has 0 saturated carbocycles. The zero-order chi connectivity index (χ0) is 10.1. The monoisotopic (exact) mass is 203 g/mol. The van der Waals surface area contributed by atoms with Crippen molar-refractivity contribution in [3.63, 3.8) is 0 Å². The van der Waals surface area contributed by atoms with Crippen molar-refractivity contribution in [3.8, 4) is 0 Å². The van der Waals surface area contributed by atoms with Gasteiger partial charge < -0.3 is 14.5 Å². The Morgan fingerprint density at radius 1 is 1.47 bits per heavy atom. The number of aromatic nitrogens is 2. The van der Waals surface area contributed by atoms with E-state index in [1.807, 2.05) is 28.8 Å². The van der Waals surface area contributed by atoms with Crippen molar-refractivity contribution in [3.05, 3.63) is 36.3 Å². The average Bonchev–Trinajstić information content (AvgIpc) is 2.57. The smallest absolute Gasteiger partial charge is 0.137 e. The number of hydrogen-bond acceptors (Lipinski definition) is 3. The molecule has 3 rings (SSSR count). The zero-order valence-electron chi connectivity index (χ0n) is 8.39. The van der Waals surface area contributed by atoms with Gasteiger partial charge in [-0.1, -0.05) is 6.07 Å². The molecule has 0 aromatic carbocycles. The van der Waals surface area contributed by atoms with Gasteiger partial charge in [-0.25, -0.2) is 4.98 Å². The summed E-state index contributed by atoms with van der Waals surface area (Å²) < 4.78 is 7.13. The minimum absolute atomic E-state index is 0.509. The van der Waals surface area contributed by atoms with Crippen LogP contribution in [0.3, 0.4) is 0 Å². The third-order valence-electron chi connectivity index (χ3n) is 2.62. The molecule has 1 aliphatic heterocycles. The lowest BCUT2D eigenvalue weighted by molar-refractivity contribution is -0.00589. The molecule has 0 atom stereocenters. The first kappa shape index (κ1) is 8.88. The molecule has 1 fully saturated rings. The summed E-state index contributed by atoms with van der Waals surface area (Å²) in [5, 5.41) is 3.40. The molecule has 0 aliphatic carbocycles. The van der Waals surface area contributed by atoms with Crippen LogP contribution in [0.2, 0.25) is 0 Å². The molecule has 0 bridgehead atoms. The highest BCUT2D eigenvalue weighted by Gasteiger charge is 2.17.